The summed E-state index contributed by atoms with van der Waals surface area (Å²) in [4.78, 5) is 31.7. The number of hydrogen-bond donors (Lipinski definition) is 1. The Morgan fingerprint density at radius 1 is 1.00 bits per heavy atom. The lowest BCUT2D eigenvalue weighted by Gasteiger charge is -2.26. The third-order valence-electron chi connectivity index (χ3n) is 5.71. The van der Waals surface area contributed by atoms with Crippen molar-refractivity contribution in [3.63, 3.8) is 0 Å². The van der Waals surface area contributed by atoms with E-state index in [4.69, 9.17) is 4.74 Å². The smallest absolute Gasteiger partial charge is 0.295 e. The SMILES string of the molecule is CCOc1ccc(/C(O)=C2/C(=O)C(=O)N(CCCN(C)C)C2c2ccc(N(C)C)cc2)cc1. The Labute approximate surface area is 195 Å². The molecule has 0 radical (unpaired) electrons. The van der Waals surface area contributed by atoms with Gasteiger partial charge in [-0.1, -0.05) is 12.1 Å². The van der Waals surface area contributed by atoms with E-state index in [1.807, 2.05) is 69.2 Å². The lowest BCUT2D eigenvalue weighted by molar-refractivity contribution is -0.139. The predicted octanol–water partition coefficient (Wildman–Crippen LogP) is 3.52. The van der Waals surface area contributed by atoms with E-state index < -0.39 is 17.7 Å². The Morgan fingerprint density at radius 3 is 2.18 bits per heavy atom. The van der Waals surface area contributed by atoms with E-state index in [2.05, 4.69) is 0 Å². The second-order valence-corrected chi connectivity index (χ2v) is 8.59. The Balaban J connectivity index is 2.05. The number of aliphatic hydroxyl groups excluding tert-OH is 1. The number of benzene rings is 2. The minimum absolute atomic E-state index is 0.117. The van der Waals surface area contributed by atoms with Gasteiger partial charge in [-0.25, -0.2) is 0 Å². The van der Waals surface area contributed by atoms with E-state index in [9.17, 15) is 14.7 Å². The molecule has 0 aromatic heterocycles. The van der Waals surface area contributed by atoms with Gasteiger partial charge < -0.3 is 24.5 Å². The van der Waals surface area contributed by atoms with Gasteiger partial charge in [0.05, 0.1) is 18.2 Å². The van der Waals surface area contributed by atoms with Crippen LogP contribution in [0, 0.1) is 0 Å². The van der Waals surface area contributed by atoms with Crippen molar-refractivity contribution in [3.8, 4) is 5.75 Å². The van der Waals surface area contributed by atoms with Crippen LogP contribution in [0.5, 0.6) is 5.75 Å². The van der Waals surface area contributed by atoms with Gasteiger partial charge in [-0.05, 0) is 75.9 Å². The highest BCUT2D eigenvalue weighted by molar-refractivity contribution is 6.46. The van der Waals surface area contributed by atoms with Crippen LogP contribution in [-0.4, -0.2) is 74.5 Å². The van der Waals surface area contributed by atoms with Crippen LogP contribution < -0.4 is 9.64 Å². The lowest BCUT2D eigenvalue weighted by Crippen LogP contribution is -2.32. The molecule has 1 aliphatic rings. The van der Waals surface area contributed by atoms with Crippen LogP contribution in [0.25, 0.3) is 5.76 Å². The van der Waals surface area contributed by atoms with Gasteiger partial charge in [-0.15, -0.1) is 0 Å². The van der Waals surface area contributed by atoms with Gasteiger partial charge in [-0.3, -0.25) is 9.59 Å². The number of carbonyl (C=O) groups excluding carboxylic acids is 2. The molecule has 176 valence electrons. The molecule has 1 atom stereocenters. The van der Waals surface area contributed by atoms with E-state index in [-0.39, 0.29) is 11.3 Å². The molecule has 3 rings (SSSR count). The van der Waals surface area contributed by atoms with Crippen LogP contribution >= 0.6 is 0 Å². The molecule has 7 heteroatoms. The van der Waals surface area contributed by atoms with Gasteiger partial charge in [0.25, 0.3) is 11.7 Å². The number of aliphatic hydroxyl groups is 1. The Kier molecular flexibility index (Phi) is 7.76. The second kappa shape index (κ2) is 10.5. The largest absolute Gasteiger partial charge is 0.507 e. The molecule has 0 bridgehead atoms. The Morgan fingerprint density at radius 2 is 1.64 bits per heavy atom. The first kappa shape index (κ1) is 24.3. The highest BCUT2D eigenvalue weighted by Crippen LogP contribution is 2.40. The number of ether oxygens (including phenoxy) is 1. The maximum absolute atomic E-state index is 13.1. The van der Waals surface area contributed by atoms with Crippen molar-refractivity contribution in [3.05, 3.63) is 65.2 Å². The average molecular weight is 452 g/mol. The van der Waals surface area contributed by atoms with Crippen molar-refractivity contribution in [2.24, 2.45) is 0 Å². The number of rotatable bonds is 9. The molecule has 1 heterocycles. The summed E-state index contributed by atoms with van der Waals surface area (Å²) in [5.74, 6) is -0.738. The first-order valence-corrected chi connectivity index (χ1v) is 11.2. The fourth-order valence-corrected chi connectivity index (χ4v) is 4.00. The molecule has 1 N–H and O–H groups in total. The van der Waals surface area contributed by atoms with E-state index in [1.54, 1.807) is 29.2 Å². The fourth-order valence-electron chi connectivity index (χ4n) is 4.00. The summed E-state index contributed by atoms with van der Waals surface area (Å²) in [7, 11) is 7.84. The summed E-state index contributed by atoms with van der Waals surface area (Å²) in [5.41, 5.74) is 2.39. The standard InChI is InChI=1S/C26H33N3O4/c1-6-33-21-14-10-19(11-15-21)24(30)22-23(18-8-12-20(13-9-18)28(4)5)29(26(32)25(22)31)17-7-16-27(2)3/h8-15,23,30H,6-7,16-17H2,1-5H3/b24-22-. The molecule has 1 aliphatic heterocycles. The molecule has 2 aromatic carbocycles. The Bertz CT molecular complexity index is 1010. The summed E-state index contributed by atoms with van der Waals surface area (Å²) in [6.07, 6.45) is 0.718. The zero-order valence-corrected chi connectivity index (χ0v) is 20.0. The Hall–Kier alpha value is -3.32. The van der Waals surface area contributed by atoms with Crippen LogP contribution in [0.1, 0.15) is 30.5 Å². The first-order chi connectivity index (χ1) is 15.7. The number of carbonyl (C=O) groups is 2. The number of Topliss-reactive ketones (excluding diaryl/α,β-unsaturated/α-hetero) is 1. The summed E-state index contributed by atoms with van der Waals surface area (Å²) in [6.45, 7) is 3.64. The molecule has 1 amide bonds. The van der Waals surface area contributed by atoms with Gasteiger partial charge in [0.1, 0.15) is 11.5 Å². The normalized spacial score (nSPS) is 17.6. The number of ketones is 1. The molecule has 7 nitrogen and oxygen atoms in total. The topological polar surface area (TPSA) is 73.3 Å². The maximum Gasteiger partial charge on any atom is 0.295 e. The molecule has 33 heavy (non-hydrogen) atoms. The van der Waals surface area contributed by atoms with Crippen LogP contribution in [0.4, 0.5) is 5.69 Å². The minimum atomic E-state index is -0.659. The number of anilines is 1. The highest BCUT2D eigenvalue weighted by atomic mass is 16.5. The van der Waals surface area contributed by atoms with Crippen molar-refractivity contribution >= 4 is 23.1 Å². The zero-order chi connectivity index (χ0) is 24.1. The lowest BCUT2D eigenvalue weighted by atomic mass is 9.95. The zero-order valence-electron chi connectivity index (χ0n) is 20.0. The van der Waals surface area contributed by atoms with Crippen LogP contribution in [0.3, 0.4) is 0 Å². The summed E-state index contributed by atoms with van der Waals surface area (Å²) >= 11 is 0. The highest BCUT2D eigenvalue weighted by Gasteiger charge is 2.45. The number of nitrogens with zero attached hydrogens (tertiary/aromatic N) is 3. The summed E-state index contributed by atoms with van der Waals surface area (Å²) in [6, 6.07) is 14.0. The second-order valence-electron chi connectivity index (χ2n) is 8.59. The quantitative estimate of drug-likeness (QED) is 0.357. The fraction of sp³-hybridized carbons (Fsp3) is 0.385. The molecule has 0 saturated carbocycles. The van der Waals surface area contributed by atoms with E-state index in [1.165, 1.54) is 0 Å². The number of amides is 1. The predicted molar refractivity (Wildman–Crippen MR) is 131 cm³/mol. The molecule has 1 unspecified atom stereocenters. The van der Waals surface area contributed by atoms with E-state index in [0.717, 1.165) is 24.2 Å². The number of hydrogen-bond acceptors (Lipinski definition) is 6. The van der Waals surface area contributed by atoms with Gasteiger partial charge in [-0.2, -0.15) is 0 Å². The van der Waals surface area contributed by atoms with Crippen molar-refractivity contribution < 1.29 is 19.4 Å². The molecule has 1 saturated heterocycles. The average Bonchev–Trinajstić information content (AvgIpc) is 3.04. The molecule has 0 spiro atoms. The van der Waals surface area contributed by atoms with Gasteiger partial charge in [0.15, 0.2) is 0 Å². The maximum atomic E-state index is 13.1. The van der Waals surface area contributed by atoms with Crippen LogP contribution in [0.2, 0.25) is 0 Å². The summed E-state index contributed by atoms with van der Waals surface area (Å²) < 4.78 is 5.47. The van der Waals surface area contributed by atoms with Crippen LogP contribution in [-0.2, 0) is 9.59 Å². The van der Waals surface area contributed by atoms with Crippen molar-refractivity contribution in [2.75, 3.05) is 52.8 Å². The third kappa shape index (κ3) is 5.37. The molecule has 2 aromatic rings. The van der Waals surface area contributed by atoms with Crippen molar-refractivity contribution in [1.82, 2.24) is 9.80 Å². The monoisotopic (exact) mass is 451 g/mol. The molecule has 1 fully saturated rings. The minimum Gasteiger partial charge on any atom is -0.507 e. The van der Waals surface area contributed by atoms with Gasteiger partial charge >= 0.3 is 0 Å². The van der Waals surface area contributed by atoms with Crippen molar-refractivity contribution in [1.29, 1.82) is 0 Å². The van der Waals surface area contributed by atoms with Gasteiger partial charge in [0.2, 0.25) is 0 Å². The van der Waals surface area contributed by atoms with E-state index >= 15 is 0 Å². The molecule has 0 aliphatic carbocycles. The van der Waals surface area contributed by atoms with E-state index in [0.29, 0.717) is 24.5 Å². The van der Waals surface area contributed by atoms with Gasteiger partial charge in [0, 0.05) is 31.9 Å². The molecular formula is C26H33N3O4. The van der Waals surface area contributed by atoms with Crippen LogP contribution in [0.15, 0.2) is 54.1 Å². The number of likely N-dealkylation sites (tertiary alicyclic amines) is 1. The third-order valence-corrected chi connectivity index (χ3v) is 5.71. The first-order valence-electron chi connectivity index (χ1n) is 11.2. The summed E-state index contributed by atoms with van der Waals surface area (Å²) in [5, 5.41) is 11.2. The molecular weight excluding hydrogens is 418 g/mol. The van der Waals surface area contributed by atoms with Crippen molar-refractivity contribution in [2.45, 2.75) is 19.4 Å².